The topological polar surface area (TPSA) is 164 Å². The van der Waals surface area contributed by atoms with Crippen LogP contribution in [0.25, 0.3) is 0 Å². The molecule has 2 saturated heterocycles. The van der Waals surface area contributed by atoms with Crippen LogP contribution < -0.4 is 5.32 Å². The van der Waals surface area contributed by atoms with E-state index in [1.54, 1.807) is 27.7 Å². The third-order valence-electron chi connectivity index (χ3n) is 9.18. The zero-order valence-corrected chi connectivity index (χ0v) is 27.1. The molecule has 0 aromatic heterocycles. The summed E-state index contributed by atoms with van der Waals surface area (Å²) in [5.41, 5.74) is -3.18. The molecule has 0 aliphatic carbocycles. The van der Waals surface area contributed by atoms with Crippen LogP contribution in [-0.2, 0) is 33.3 Å². The molecule has 0 spiro atoms. The predicted molar refractivity (Wildman–Crippen MR) is 154 cm³/mol. The first-order chi connectivity index (χ1) is 19.3. The zero-order valence-electron chi connectivity index (χ0n) is 27.1. The van der Waals surface area contributed by atoms with Gasteiger partial charge in [0.2, 0.25) is 5.91 Å². The molecule has 244 valence electrons. The van der Waals surface area contributed by atoms with Crippen LogP contribution >= 0.6 is 0 Å². The van der Waals surface area contributed by atoms with Gasteiger partial charge in [-0.2, -0.15) is 0 Å². The molecular weight excluding hydrogens is 548 g/mol. The number of aliphatic hydroxyl groups excluding tert-OH is 2. The maximum Gasteiger partial charge on any atom is 0.316 e. The highest BCUT2D eigenvalue weighted by atomic mass is 16.7. The van der Waals surface area contributed by atoms with E-state index in [2.05, 4.69) is 5.32 Å². The van der Waals surface area contributed by atoms with Crippen LogP contribution in [0.1, 0.15) is 74.7 Å². The van der Waals surface area contributed by atoms with Crippen molar-refractivity contribution in [2.75, 3.05) is 21.2 Å². The molecule has 1 amide bonds. The van der Waals surface area contributed by atoms with Crippen LogP contribution in [0.5, 0.6) is 0 Å². The summed E-state index contributed by atoms with van der Waals surface area (Å²) in [7, 11) is 5.18. The van der Waals surface area contributed by atoms with Crippen molar-refractivity contribution in [3.63, 3.8) is 0 Å². The van der Waals surface area contributed by atoms with Gasteiger partial charge in [-0.3, -0.25) is 14.4 Å². The van der Waals surface area contributed by atoms with E-state index < -0.39 is 83.4 Å². The fourth-order valence-electron chi connectivity index (χ4n) is 6.30. The molecule has 2 aliphatic heterocycles. The molecule has 2 aliphatic rings. The van der Waals surface area contributed by atoms with Crippen molar-refractivity contribution in [3.05, 3.63) is 0 Å². The van der Waals surface area contributed by atoms with Gasteiger partial charge in [-0.15, -0.1) is 0 Å². The Hall–Kier alpha value is -1.67. The number of esters is 1. The average molecular weight is 603 g/mol. The minimum atomic E-state index is -1.97. The highest BCUT2D eigenvalue weighted by Gasteiger charge is 2.50. The molecule has 0 aromatic carbocycles. The Morgan fingerprint density at radius 2 is 1.64 bits per heavy atom. The van der Waals surface area contributed by atoms with Gasteiger partial charge in [-0.25, -0.2) is 0 Å². The van der Waals surface area contributed by atoms with Gasteiger partial charge < -0.3 is 44.5 Å². The molecule has 2 fully saturated rings. The van der Waals surface area contributed by atoms with Gasteiger partial charge in [0.15, 0.2) is 12.1 Å². The number of cyclic esters (lactones) is 1. The Morgan fingerprint density at radius 1 is 1.05 bits per heavy atom. The van der Waals surface area contributed by atoms with Gasteiger partial charge in [0, 0.05) is 25.1 Å². The Morgan fingerprint density at radius 3 is 2.17 bits per heavy atom. The van der Waals surface area contributed by atoms with E-state index in [4.69, 9.17) is 18.9 Å². The number of Topliss-reactive ketones (excluding diaryl/α,β-unsaturated/α-hetero) is 1. The lowest BCUT2D eigenvalue weighted by Gasteiger charge is -2.46. The van der Waals surface area contributed by atoms with Crippen molar-refractivity contribution < 1.29 is 48.7 Å². The van der Waals surface area contributed by atoms with Crippen LogP contribution in [0.4, 0.5) is 0 Å². The van der Waals surface area contributed by atoms with Crippen molar-refractivity contribution in [1.82, 2.24) is 10.2 Å². The number of ketones is 1. The van der Waals surface area contributed by atoms with Crippen LogP contribution in [0.15, 0.2) is 0 Å². The molecule has 0 saturated carbocycles. The van der Waals surface area contributed by atoms with Gasteiger partial charge in [-0.1, -0.05) is 20.8 Å². The number of carbonyl (C=O) groups excluding carboxylic acids is 3. The Labute approximate surface area is 250 Å². The fourth-order valence-corrected chi connectivity index (χ4v) is 6.30. The van der Waals surface area contributed by atoms with E-state index in [0.29, 0.717) is 6.42 Å². The molecule has 13 atom stereocenters. The van der Waals surface area contributed by atoms with E-state index in [0.717, 1.165) is 0 Å². The maximum absolute atomic E-state index is 13.8. The van der Waals surface area contributed by atoms with Gasteiger partial charge >= 0.3 is 5.97 Å². The highest BCUT2D eigenvalue weighted by Crippen LogP contribution is 2.36. The third-order valence-corrected chi connectivity index (χ3v) is 9.18. The molecule has 0 radical (unpaired) electrons. The fraction of sp³-hybridized carbons (Fsp3) is 0.900. The number of nitrogens with zero attached hydrogens (tertiary/aromatic N) is 1. The second kappa shape index (κ2) is 14.4. The molecule has 12 nitrogen and oxygen atoms in total. The second-order valence-corrected chi connectivity index (χ2v) is 13.0. The number of nitrogens with one attached hydrogen (secondary N) is 1. The summed E-state index contributed by atoms with van der Waals surface area (Å²) in [6.07, 6.45) is -5.27. The number of aliphatic hydroxyl groups is 3. The minimum Gasteiger partial charge on any atom is -0.459 e. The molecule has 12 heteroatoms. The summed E-state index contributed by atoms with van der Waals surface area (Å²) >= 11 is 0. The molecule has 42 heavy (non-hydrogen) atoms. The van der Waals surface area contributed by atoms with Gasteiger partial charge in [-0.05, 0) is 68.0 Å². The smallest absolute Gasteiger partial charge is 0.316 e. The molecule has 1 unspecified atom stereocenters. The first-order valence-electron chi connectivity index (χ1n) is 15.0. The standard InChI is InChI=1S/C30H54N2O10/c1-12-21-30(8,38)24(35)19(6)26(36)31-15(2)14-29(7,39-11)25(17(4)22(33)18(5)27(37)41-21)42-28-23(34)20(32(9)10)13-16(3)40-28/h15-21,23-25,28,34-35,38H,12-14H2,1-11H3,(H,31,36)/t15-,16-,17+,18-,19-,20+,21?,23-,24-,25-,28+,29-,30-/m1/s1. The minimum absolute atomic E-state index is 0.132. The number of likely N-dealkylation sites (N-methyl/N-ethyl adjacent to an activating group) is 1. The highest BCUT2D eigenvalue weighted by molar-refractivity contribution is 6.00. The van der Waals surface area contributed by atoms with Crippen molar-refractivity contribution in [1.29, 1.82) is 0 Å². The summed E-state index contributed by atoms with van der Waals surface area (Å²) in [5.74, 6) is -5.14. The zero-order chi connectivity index (χ0) is 32.3. The number of carbonyl (C=O) groups is 3. The SMILES string of the molecule is CCC1OC(=O)[C@H](C)C(=O)[C@H](C)[C@@H](O[C@@H]2O[C@H](C)C[C@H](N(C)C)[C@H]2O)[C@](C)(OC)C[C@@H](C)NC(=O)[C@H](C)[C@@H](O)[C@]1(C)O. The summed E-state index contributed by atoms with van der Waals surface area (Å²) in [5, 5.41) is 36.3. The van der Waals surface area contributed by atoms with Crippen molar-refractivity contribution in [2.45, 2.75) is 135 Å². The average Bonchev–Trinajstić information content (AvgIpc) is 2.92. The quantitative estimate of drug-likeness (QED) is 0.262. The number of ether oxygens (including phenoxy) is 4. The normalized spacial score (nSPS) is 45.1. The number of methoxy groups -OCH3 is 1. The summed E-state index contributed by atoms with van der Waals surface area (Å²) in [6, 6.07) is -0.789. The molecular formula is C30H54N2O10. The molecule has 0 aromatic rings. The molecule has 2 heterocycles. The van der Waals surface area contributed by atoms with E-state index in [1.807, 2.05) is 25.9 Å². The Kier molecular flexibility index (Phi) is 12.5. The van der Waals surface area contributed by atoms with Crippen LogP contribution in [-0.4, -0.2) is 119 Å². The lowest BCUT2D eigenvalue weighted by molar-refractivity contribution is -0.295. The first kappa shape index (κ1) is 36.5. The van der Waals surface area contributed by atoms with E-state index in [1.165, 1.54) is 27.9 Å². The van der Waals surface area contributed by atoms with E-state index >= 15 is 0 Å². The summed E-state index contributed by atoms with van der Waals surface area (Å²) in [6.45, 7) is 12.9. The largest absolute Gasteiger partial charge is 0.459 e. The summed E-state index contributed by atoms with van der Waals surface area (Å²) < 4.78 is 24.0. The van der Waals surface area contributed by atoms with E-state index in [-0.39, 0.29) is 25.0 Å². The monoisotopic (exact) mass is 602 g/mol. The van der Waals surface area contributed by atoms with Crippen molar-refractivity contribution in [3.8, 4) is 0 Å². The number of rotatable bonds is 5. The lowest BCUT2D eigenvalue weighted by Crippen LogP contribution is -2.59. The van der Waals surface area contributed by atoms with Crippen LogP contribution in [0.3, 0.4) is 0 Å². The van der Waals surface area contributed by atoms with Gasteiger partial charge in [0.1, 0.15) is 23.7 Å². The third kappa shape index (κ3) is 7.88. The molecule has 4 N–H and O–H groups in total. The van der Waals surface area contributed by atoms with Crippen molar-refractivity contribution >= 4 is 17.7 Å². The lowest BCUT2D eigenvalue weighted by atomic mass is 9.79. The Bertz CT molecular complexity index is 945. The summed E-state index contributed by atoms with van der Waals surface area (Å²) in [4.78, 5) is 42.2. The van der Waals surface area contributed by atoms with Crippen LogP contribution in [0, 0.1) is 17.8 Å². The van der Waals surface area contributed by atoms with Crippen molar-refractivity contribution in [2.24, 2.45) is 17.8 Å². The molecule has 0 bridgehead atoms. The number of hydrogen-bond donors (Lipinski definition) is 4. The second-order valence-electron chi connectivity index (χ2n) is 13.0. The molecule has 2 rings (SSSR count). The number of amides is 1. The Balaban J connectivity index is 2.59. The van der Waals surface area contributed by atoms with E-state index in [9.17, 15) is 29.7 Å². The maximum atomic E-state index is 13.8. The first-order valence-corrected chi connectivity index (χ1v) is 15.0. The van der Waals surface area contributed by atoms with Gasteiger partial charge in [0.25, 0.3) is 0 Å². The predicted octanol–water partition coefficient (Wildman–Crippen LogP) is 1.02. The number of hydrogen-bond acceptors (Lipinski definition) is 11. The van der Waals surface area contributed by atoms with Crippen LogP contribution in [0.2, 0.25) is 0 Å². The van der Waals surface area contributed by atoms with Gasteiger partial charge in [0.05, 0.1) is 29.8 Å².